The lowest BCUT2D eigenvalue weighted by Gasteiger charge is -2.15. The van der Waals surface area contributed by atoms with Crippen LogP contribution in [0, 0.1) is 0 Å². The third-order valence-corrected chi connectivity index (χ3v) is 2.32. The van der Waals surface area contributed by atoms with Crippen molar-refractivity contribution >= 4 is 23.4 Å². The highest BCUT2D eigenvalue weighted by molar-refractivity contribution is 6.50. The number of rotatable bonds is 2. The Labute approximate surface area is 103 Å². The maximum Gasteiger partial charge on any atom is 0.411 e. The van der Waals surface area contributed by atoms with Crippen LogP contribution < -0.4 is 5.32 Å². The highest BCUT2D eigenvalue weighted by Crippen LogP contribution is 2.20. The van der Waals surface area contributed by atoms with E-state index in [1.165, 1.54) is 12.3 Å². The van der Waals surface area contributed by atoms with Crippen LogP contribution in [0.4, 0.5) is 4.79 Å². The summed E-state index contributed by atoms with van der Waals surface area (Å²) in [5, 5.41) is 2.39. The Morgan fingerprint density at radius 3 is 2.94 bits per heavy atom. The molecule has 6 nitrogen and oxygen atoms in total. The first-order valence-corrected chi connectivity index (χ1v) is 5.33. The van der Waals surface area contributed by atoms with Gasteiger partial charge in [0.05, 0.1) is 23.6 Å². The van der Waals surface area contributed by atoms with Gasteiger partial charge in [-0.15, -0.1) is 0 Å². The largest absolute Gasteiger partial charge is 0.450 e. The Kier molecular flexibility index (Phi) is 3.18. The summed E-state index contributed by atoms with van der Waals surface area (Å²) in [5.74, 6) is -1.32. The standard InChI is InChI=1S/C12H10N2O4/c1-2-18-12(17)14-8-6-9(15)11(16)7-4-3-5-13-10(7)8/h3-6H,2H2,1H3,(H,14,17). The number of carbonyl (C=O) groups excluding carboxylic acids is 3. The second kappa shape index (κ2) is 4.79. The van der Waals surface area contributed by atoms with Crippen LogP contribution in [0.3, 0.4) is 0 Å². The number of pyridine rings is 1. The lowest BCUT2D eigenvalue weighted by Crippen LogP contribution is -2.29. The lowest BCUT2D eigenvalue weighted by atomic mass is 9.97. The molecule has 0 unspecified atom stereocenters. The molecule has 1 aromatic heterocycles. The number of nitrogens with one attached hydrogen (secondary N) is 1. The number of allylic oxidation sites excluding steroid dienone is 1. The number of amides is 1. The smallest absolute Gasteiger partial charge is 0.411 e. The van der Waals surface area contributed by atoms with E-state index in [0.717, 1.165) is 6.08 Å². The van der Waals surface area contributed by atoms with Gasteiger partial charge in [-0.1, -0.05) is 0 Å². The molecule has 2 rings (SSSR count). The Balaban J connectivity index is 2.36. The predicted octanol–water partition coefficient (Wildman–Crippen LogP) is 0.934. The zero-order valence-electron chi connectivity index (χ0n) is 9.60. The quantitative estimate of drug-likeness (QED) is 0.785. The average molecular weight is 246 g/mol. The maximum absolute atomic E-state index is 11.6. The number of alkyl carbamates (subject to hydrolysis) is 1. The fraction of sp³-hybridized carbons (Fsp3) is 0.167. The molecule has 6 heteroatoms. The average Bonchev–Trinajstić information content (AvgIpc) is 2.36. The molecule has 18 heavy (non-hydrogen) atoms. The van der Waals surface area contributed by atoms with Gasteiger partial charge in [-0.2, -0.15) is 0 Å². The van der Waals surface area contributed by atoms with Gasteiger partial charge >= 0.3 is 6.09 Å². The Morgan fingerprint density at radius 1 is 1.44 bits per heavy atom. The van der Waals surface area contributed by atoms with Crippen LogP contribution in [0.15, 0.2) is 24.4 Å². The molecule has 0 atom stereocenters. The highest BCUT2D eigenvalue weighted by atomic mass is 16.5. The molecular formula is C12H10N2O4. The number of fused-ring (bicyclic) bond motifs is 1. The van der Waals surface area contributed by atoms with Crippen LogP contribution in [0.25, 0.3) is 5.70 Å². The van der Waals surface area contributed by atoms with E-state index in [-0.39, 0.29) is 23.6 Å². The van der Waals surface area contributed by atoms with Gasteiger partial charge < -0.3 is 4.74 Å². The fourth-order valence-electron chi connectivity index (χ4n) is 1.57. The molecule has 1 aromatic rings. The Hall–Kier alpha value is -2.50. The number of hydrogen-bond acceptors (Lipinski definition) is 5. The van der Waals surface area contributed by atoms with Crippen molar-refractivity contribution in [2.45, 2.75) is 6.92 Å². The van der Waals surface area contributed by atoms with Crippen molar-refractivity contribution in [1.29, 1.82) is 0 Å². The van der Waals surface area contributed by atoms with E-state index in [1.807, 2.05) is 0 Å². The van der Waals surface area contributed by atoms with Gasteiger partial charge in [0.2, 0.25) is 11.6 Å². The number of ketones is 2. The van der Waals surface area contributed by atoms with Gasteiger partial charge in [0.25, 0.3) is 0 Å². The van der Waals surface area contributed by atoms with Crippen molar-refractivity contribution in [1.82, 2.24) is 10.3 Å². The van der Waals surface area contributed by atoms with E-state index >= 15 is 0 Å². The van der Waals surface area contributed by atoms with Gasteiger partial charge in [-0.05, 0) is 19.1 Å². The van der Waals surface area contributed by atoms with E-state index in [0.29, 0.717) is 0 Å². The molecule has 0 bridgehead atoms. The van der Waals surface area contributed by atoms with Crippen LogP contribution in [0.5, 0.6) is 0 Å². The molecule has 1 aliphatic rings. The summed E-state index contributed by atoms with van der Waals surface area (Å²) in [6, 6.07) is 3.04. The van der Waals surface area contributed by atoms with Crippen molar-refractivity contribution in [3.63, 3.8) is 0 Å². The minimum atomic E-state index is -0.692. The number of Topliss-reactive ketones (excluding diaryl/α,β-unsaturated/α-hetero) is 1. The molecule has 1 N–H and O–H groups in total. The molecule has 0 aliphatic heterocycles. The molecule has 1 amide bonds. The number of ether oxygens (including phenoxy) is 1. The third kappa shape index (κ3) is 2.13. The summed E-state index contributed by atoms with van der Waals surface area (Å²) in [6.07, 6.45) is 1.83. The first-order valence-electron chi connectivity index (χ1n) is 5.33. The first-order chi connectivity index (χ1) is 8.63. The SMILES string of the molecule is CCOC(=O)NC1=CC(=O)C(=O)c2cccnc21. The van der Waals surface area contributed by atoms with Crippen molar-refractivity contribution in [2.75, 3.05) is 6.61 Å². The first kappa shape index (κ1) is 12.0. The third-order valence-electron chi connectivity index (χ3n) is 2.32. The van der Waals surface area contributed by atoms with Crippen LogP contribution in [-0.4, -0.2) is 29.3 Å². The minimum absolute atomic E-state index is 0.175. The summed E-state index contributed by atoms with van der Waals surface area (Å²) < 4.78 is 4.71. The molecule has 0 saturated carbocycles. The van der Waals surface area contributed by atoms with Gasteiger partial charge in [-0.25, -0.2) is 4.79 Å². The molecule has 0 fully saturated rings. The van der Waals surface area contributed by atoms with Crippen LogP contribution in [0.1, 0.15) is 23.0 Å². The van der Waals surface area contributed by atoms with E-state index < -0.39 is 17.7 Å². The second-order valence-corrected chi connectivity index (χ2v) is 3.50. The van der Waals surface area contributed by atoms with Crippen molar-refractivity contribution < 1.29 is 19.1 Å². The number of nitrogens with zero attached hydrogens (tertiary/aromatic N) is 1. The van der Waals surface area contributed by atoms with Gasteiger partial charge in [0.1, 0.15) is 0 Å². The van der Waals surface area contributed by atoms with E-state index in [4.69, 9.17) is 4.74 Å². The molecule has 1 heterocycles. The minimum Gasteiger partial charge on any atom is -0.450 e. The molecule has 92 valence electrons. The molecule has 0 aromatic carbocycles. The summed E-state index contributed by atoms with van der Waals surface area (Å²) in [4.78, 5) is 38.4. The monoisotopic (exact) mass is 246 g/mol. The van der Waals surface area contributed by atoms with Crippen LogP contribution in [-0.2, 0) is 9.53 Å². The molecular weight excluding hydrogens is 236 g/mol. The number of aromatic nitrogens is 1. The predicted molar refractivity (Wildman–Crippen MR) is 61.7 cm³/mol. The zero-order chi connectivity index (χ0) is 13.1. The van der Waals surface area contributed by atoms with Crippen molar-refractivity contribution in [3.8, 4) is 0 Å². The van der Waals surface area contributed by atoms with Crippen molar-refractivity contribution in [3.05, 3.63) is 35.7 Å². The summed E-state index contributed by atoms with van der Waals surface area (Å²) >= 11 is 0. The summed E-state index contributed by atoms with van der Waals surface area (Å²) in [6.45, 7) is 1.87. The van der Waals surface area contributed by atoms with Gasteiger partial charge in [0.15, 0.2) is 0 Å². The van der Waals surface area contributed by atoms with Crippen LogP contribution in [0.2, 0.25) is 0 Å². The van der Waals surface area contributed by atoms with E-state index in [9.17, 15) is 14.4 Å². The molecule has 0 radical (unpaired) electrons. The normalized spacial score (nSPS) is 13.7. The summed E-state index contributed by atoms with van der Waals surface area (Å²) in [5.41, 5.74) is 0.626. The topological polar surface area (TPSA) is 85.4 Å². The Bertz CT molecular complexity index is 563. The highest BCUT2D eigenvalue weighted by Gasteiger charge is 2.27. The van der Waals surface area contributed by atoms with E-state index in [2.05, 4.69) is 10.3 Å². The van der Waals surface area contributed by atoms with Gasteiger partial charge in [-0.3, -0.25) is 19.9 Å². The second-order valence-electron chi connectivity index (χ2n) is 3.50. The molecule has 1 aliphatic carbocycles. The Morgan fingerprint density at radius 2 is 2.22 bits per heavy atom. The maximum atomic E-state index is 11.6. The van der Waals surface area contributed by atoms with Gasteiger partial charge in [0, 0.05) is 12.3 Å². The number of hydrogen-bond donors (Lipinski definition) is 1. The fourth-order valence-corrected chi connectivity index (χ4v) is 1.57. The molecule has 0 saturated heterocycles. The molecule has 0 spiro atoms. The lowest BCUT2D eigenvalue weighted by molar-refractivity contribution is -0.111. The number of carbonyl (C=O) groups is 3. The summed E-state index contributed by atoms with van der Waals surface area (Å²) in [7, 11) is 0. The zero-order valence-corrected chi connectivity index (χ0v) is 9.60. The van der Waals surface area contributed by atoms with Crippen LogP contribution >= 0.6 is 0 Å². The van der Waals surface area contributed by atoms with Crippen molar-refractivity contribution in [2.24, 2.45) is 0 Å². The van der Waals surface area contributed by atoms with E-state index in [1.54, 1.807) is 13.0 Å².